The zero-order chi connectivity index (χ0) is 15.5. The van der Waals surface area contributed by atoms with Crippen LogP contribution >= 0.6 is 11.3 Å². The molecule has 1 aromatic heterocycles. The number of rotatable bonds is 3. The van der Waals surface area contributed by atoms with Crippen molar-refractivity contribution in [2.45, 2.75) is 44.9 Å². The molecular formula is C16H16N2O3S. The van der Waals surface area contributed by atoms with Crippen molar-refractivity contribution in [3.63, 3.8) is 0 Å². The minimum Gasteiger partial charge on any atom is -0.481 e. The van der Waals surface area contributed by atoms with Crippen LogP contribution in [0, 0.1) is 22.2 Å². The third-order valence-electron chi connectivity index (χ3n) is 5.48. The number of anilines is 1. The standard InChI is InChI=1S/C16H16N2O3S/c17-5-10-9-3-1-2-4-11(9)22-12(10)18-13(19)15-6-16(7-15,8-15)14(20)21/h1-4,6-8H2,(H,18,19)(H,20,21). The highest BCUT2D eigenvalue weighted by Gasteiger charge is 2.75. The molecule has 5 nitrogen and oxygen atoms in total. The van der Waals surface area contributed by atoms with Gasteiger partial charge < -0.3 is 10.4 Å². The third kappa shape index (κ3) is 1.63. The van der Waals surface area contributed by atoms with Crippen molar-refractivity contribution < 1.29 is 14.7 Å². The number of carbonyl (C=O) groups is 2. The van der Waals surface area contributed by atoms with Crippen molar-refractivity contribution in [2.24, 2.45) is 10.8 Å². The average molecular weight is 316 g/mol. The molecule has 1 amide bonds. The van der Waals surface area contributed by atoms with Crippen molar-refractivity contribution in [2.75, 3.05) is 5.32 Å². The van der Waals surface area contributed by atoms with Gasteiger partial charge in [-0.1, -0.05) is 0 Å². The van der Waals surface area contributed by atoms with Gasteiger partial charge in [-0.05, 0) is 50.5 Å². The maximum Gasteiger partial charge on any atom is 0.309 e. The van der Waals surface area contributed by atoms with E-state index in [0.717, 1.165) is 31.2 Å². The summed E-state index contributed by atoms with van der Waals surface area (Å²) in [6.45, 7) is 0. The number of nitrogens with one attached hydrogen (secondary N) is 1. The number of hydrogen-bond acceptors (Lipinski definition) is 4. The predicted molar refractivity (Wildman–Crippen MR) is 80.7 cm³/mol. The molecule has 5 rings (SSSR count). The van der Waals surface area contributed by atoms with Gasteiger partial charge in [0.25, 0.3) is 0 Å². The largest absolute Gasteiger partial charge is 0.481 e. The van der Waals surface area contributed by atoms with E-state index in [4.69, 9.17) is 5.11 Å². The zero-order valence-corrected chi connectivity index (χ0v) is 12.9. The number of hydrogen-bond donors (Lipinski definition) is 2. The summed E-state index contributed by atoms with van der Waals surface area (Å²) in [5.74, 6) is -0.891. The van der Waals surface area contributed by atoms with Gasteiger partial charge in [0.05, 0.1) is 16.4 Å². The van der Waals surface area contributed by atoms with Crippen LogP contribution < -0.4 is 5.32 Å². The summed E-state index contributed by atoms with van der Waals surface area (Å²) in [4.78, 5) is 24.8. The van der Waals surface area contributed by atoms with Gasteiger partial charge in [0.1, 0.15) is 11.1 Å². The molecule has 3 saturated carbocycles. The van der Waals surface area contributed by atoms with Crippen LogP contribution in [0.15, 0.2) is 0 Å². The number of aryl methyl sites for hydroxylation is 1. The van der Waals surface area contributed by atoms with Gasteiger partial charge in [-0.3, -0.25) is 9.59 Å². The van der Waals surface area contributed by atoms with E-state index in [0.29, 0.717) is 29.8 Å². The third-order valence-corrected chi connectivity index (χ3v) is 6.68. The predicted octanol–water partition coefficient (Wildman–Crippen LogP) is 2.69. The Morgan fingerprint density at radius 1 is 1.18 bits per heavy atom. The summed E-state index contributed by atoms with van der Waals surface area (Å²) in [6, 6.07) is 2.24. The second-order valence-electron chi connectivity index (χ2n) is 6.88. The molecule has 2 N–H and O–H groups in total. The number of nitrogens with zero attached hydrogens (tertiary/aromatic N) is 1. The summed E-state index contributed by atoms with van der Waals surface area (Å²) in [5, 5.41) is 22.1. The molecule has 0 spiro atoms. The van der Waals surface area contributed by atoms with Gasteiger partial charge in [-0.2, -0.15) is 5.26 Å². The number of nitriles is 1. The fourth-order valence-electron chi connectivity index (χ4n) is 4.26. The van der Waals surface area contributed by atoms with Crippen molar-refractivity contribution in [3.8, 4) is 6.07 Å². The Kier molecular flexibility index (Phi) is 2.71. The summed E-state index contributed by atoms with van der Waals surface area (Å²) >= 11 is 1.52. The molecule has 3 fully saturated rings. The summed E-state index contributed by atoms with van der Waals surface area (Å²) in [6.07, 6.45) is 5.44. The first-order chi connectivity index (χ1) is 10.5. The molecule has 0 atom stereocenters. The molecule has 1 aromatic rings. The summed E-state index contributed by atoms with van der Waals surface area (Å²) in [7, 11) is 0. The van der Waals surface area contributed by atoms with E-state index in [1.54, 1.807) is 0 Å². The average Bonchev–Trinajstić information content (AvgIpc) is 2.71. The van der Waals surface area contributed by atoms with E-state index < -0.39 is 16.8 Å². The Balaban J connectivity index is 1.54. The highest BCUT2D eigenvalue weighted by Crippen LogP contribution is 2.73. The van der Waals surface area contributed by atoms with Crippen molar-refractivity contribution in [1.29, 1.82) is 5.26 Å². The van der Waals surface area contributed by atoms with Crippen LogP contribution in [-0.4, -0.2) is 17.0 Å². The molecule has 0 aromatic carbocycles. The Morgan fingerprint density at radius 2 is 1.86 bits per heavy atom. The fraction of sp³-hybridized carbons (Fsp3) is 0.562. The highest BCUT2D eigenvalue weighted by molar-refractivity contribution is 7.16. The maximum absolute atomic E-state index is 12.5. The molecule has 4 aliphatic carbocycles. The molecule has 2 bridgehead atoms. The van der Waals surface area contributed by atoms with Gasteiger partial charge >= 0.3 is 5.97 Å². The first kappa shape index (κ1) is 13.8. The van der Waals surface area contributed by atoms with Crippen LogP contribution in [0.5, 0.6) is 0 Å². The van der Waals surface area contributed by atoms with Gasteiger partial charge in [0.2, 0.25) is 5.91 Å². The normalized spacial score (nSPS) is 31.2. The van der Waals surface area contributed by atoms with Gasteiger partial charge in [0.15, 0.2) is 0 Å². The second-order valence-corrected chi connectivity index (χ2v) is 7.98. The van der Waals surface area contributed by atoms with E-state index in [-0.39, 0.29) is 5.91 Å². The SMILES string of the molecule is N#Cc1c(NC(=O)C23CC(C(=O)O)(C2)C3)sc2c1CCCC2. The first-order valence-corrected chi connectivity index (χ1v) is 8.41. The molecule has 0 unspecified atom stereocenters. The van der Waals surface area contributed by atoms with Crippen LogP contribution in [0.1, 0.15) is 48.1 Å². The van der Waals surface area contributed by atoms with Gasteiger partial charge in [-0.25, -0.2) is 0 Å². The van der Waals surface area contributed by atoms with Crippen LogP contribution in [0.2, 0.25) is 0 Å². The molecule has 114 valence electrons. The zero-order valence-electron chi connectivity index (χ0n) is 12.1. The minimum absolute atomic E-state index is 0.106. The van der Waals surface area contributed by atoms with Crippen molar-refractivity contribution >= 4 is 28.2 Å². The van der Waals surface area contributed by atoms with Crippen LogP contribution in [-0.2, 0) is 22.4 Å². The summed E-state index contributed by atoms with van der Waals surface area (Å²) in [5.41, 5.74) is 0.570. The first-order valence-electron chi connectivity index (χ1n) is 7.59. The number of amides is 1. The number of carboxylic acids is 1. The van der Waals surface area contributed by atoms with Gasteiger partial charge in [0, 0.05) is 4.88 Å². The van der Waals surface area contributed by atoms with E-state index in [1.165, 1.54) is 16.2 Å². The molecule has 6 heteroatoms. The number of carbonyl (C=O) groups excluding carboxylic acids is 1. The molecule has 1 heterocycles. The highest BCUT2D eigenvalue weighted by atomic mass is 32.1. The van der Waals surface area contributed by atoms with Crippen molar-refractivity contribution in [1.82, 2.24) is 0 Å². The lowest BCUT2D eigenvalue weighted by Gasteiger charge is -2.66. The van der Waals surface area contributed by atoms with E-state index in [9.17, 15) is 14.9 Å². The lowest BCUT2D eigenvalue weighted by atomic mass is 9.35. The van der Waals surface area contributed by atoms with Crippen LogP contribution in [0.3, 0.4) is 0 Å². The molecule has 0 radical (unpaired) electrons. The molecule has 0 saturated heterocycles. The molecule has 22 heavy (non-hydrogen) atoms. The number of thiophene rings is 1. The minimum atomic E-state index is -0.786. The van der Waals surface area contributed by atoms with E-state index >= 15 is 0 Å². The monoisotopic (exact) mass is 316 g/mol. The molecule has 4 aliphatic rings. The van der Waals surface area contributed by atoms with Crippen molar-refractivity contribution in [3.05, 3.63) is 16.0 Å². The fourth-order valence-corrected chi connectivity index (χ4v) is 5.50. The Labute approximate surface area is 131 Å². The number of fused-ring (bicyclic) bond motifs is 1. The Hall–Kier alpha value is -1.87. The Morgan fingerprint density at radius 3 is 2.50 bits per heavy atom. The van der Waals surface area contributed by atoms with Crippen LogP contribution in [0.25, 0.3) is 0 Å². The number of aliphatic carboxylic acids is 1. The molecular weight excluding hydrogens is 300 g/mol. The number of carboxylic acid groups (broad SMARTS) is 1. The molecule has 0 aliphatic heterocycles. The summed E-state index contributed by atoms with van der Waals surface area (Å²) < 4.78 is 0. The van der Waals surface area contributed by atoms with E-state index in [1.807, 2.05) is 0 Å². The topological polar surface area (TPSA) is 90.2 Å². The smallest absolute Gasteiger partial charge is 0.309 e. The lowest BCUT2D eigenvalue weighted by molar-refractivity contribution is -0.217. The Bertz CT molecular complexity index is 724. The second kappa shape index (κ2) is 4.32. The quantitative estimate of drug-likeness (QED) is 0.897. The lowest BCUT2D eigenvalue weighted by Crippen LogP contribution is -2.69. The van der Waals surface area contributed by atoms with Gasteiger partial charge in [-0.15, -0.1) is 11.3 Å². The van der Waals surface area contributed by atoms with Crippen LogP contribution in [0.4, 0.5) is 5.00 Å². The van der Waals surface area contributed by atoms with E-state index in [2.05, 4.69) is 11.4 Å². The maximum atomic E-state index is 12.5.